The Hall–Kier alpha value is 0.220. The third kappa shape index (κ3) is 2.85. The molecule has 0 spiro atoms. The summed E-state index contributed by atoms with van der Waals surface area (Å²) in [5, 5.41) is -2.84. The summed E-state index contributed by atoms with van der Waals surface area (Å²) < 4.78 is 21.8. The van der Waals surface area contributed by atoms with Crippen molar-refractivity contribution in [2.75, 3.05) is 20.6 Å². The highest BCUT2D eigenvalue weighted by atomic mass is 31.2. The van der Waals surface area contributed by atoms with Crippen molar-refractivity contribution in [2.45, 2.75) is 5.02 Å². The summed E-state index contributed by atoms with van der Waals surface area (Å²) in [6, 6.07) is 0. The van der Waals surface area contributed by atoms with E-state index < -0.39 is 26.8 Å². The highest BCUT2D eigenvalue weighted by molar-refractivity contribution is 7.72. The second-order valence-electron chi connectivity index (χ2n) is 3.20. The van der Waals surface area contributed by atoms with Gasteiger partial charge >= 0.3 is 15.2 Å². The maximum Gasteiger partial charge on any atom is 0.359 e. The topological polar surface area (TPSA) is 144 Å². The van der Waals surface area contributed by atoms with Crippen molar-refractivity contribution in [1.82, 2.24) is 4.90 Å². The summed E-state index contributed by atoms with van der Waals surface area (Å²) >= 11 is 0. The van der Waals surface area contributed by atoms with Crippen molar-refractivity contribution in [3.8, 4) is 0 Å². The minimum absolute atomic E-state index is 0.610. The van der Waals surface area contributed by atoms with Crippen molar-refractivity contribution in [2.24, 2.45) is 5.73 Å². The van der Waals surface area contributed by atoms with Crippen LogP contribution in [0, 0.1) is 0 Å². The molecule has 0 fully saturated rings. The molecule has 0 aromatic carbocycles. The molecular formula is C4H14N2O6P2. The molecule has 0 atom stereocenters. The van der Waals surface area contributed by atoms with Gasteiger partial charge < -0.3 is 30.2 Å². The lowest BCUT2D eigenvalue weighted by Crippen LogP contribution is -2.47. The molecule has 0 bridgehead atoms. The zero-order chi connectivity index (χ0) is 11.8. The molecule has 6 N–H and O–H groups in total. The molecule has 10 heteroatoms. The smallest absolute Gasteiger partial charge is 0.323 e. The third-order valence-electron chi connectivity index (χ3n) is 1.56. The largest absolute Gasteiger partial charge is 0.359 e. The Balaban J connectivity index is 5.30. The molecule has 0 amide bonds. The molecule has 86 valence electrons. The Morgan fingerprint density at radius 2 is 1.43 bits per heavy atom. The minimum atomic E-state index is -5.09. The van der Waals surface area contributed by atoms with Gasteiger partial charge in [0.1, 0.15) is 0 Å². The zero-order valence-corrected chi connectivity index (χ0v) is 9.52. The SMILES string of the molecule is CN(C)CC(N)(P(=O)(O)O)P(=O)(O)O. The maximum absolute atomic E-state index is 10.9. The molecular weight excluding hydrogens is 234 g/mol. The normalized spacial score (nSPS) is 14.9. The van der Waals surface area contributed by atoms with Gasteiger partial charge in [-0.3, -0.25) is 9.13 Å². The quantitative estimate of drug-likeness (QED) is 0.378. The number of hydrogen-bond donors (Lipinski definition) is 5. The van der Waals surface area contributed by atoms with E-state index in [0.29, 0.717) is 0 Å². The molecule has 0 saturated carbocycles. The average molecular weight is 248 g/mol. The van der Waals surface area contributed by atoms with Crippen LogP contribution in [0.4, 0.5) is 0 Å². The van der Waals surface area contributed by atoms with Gasteiger partial charge in [-0.1, -0.05) is 0 Å². The molecule has 0 rings (SSSR count). The number of likely N-dealkylation sites (N-methyl/N-ethyl adjacent to an activating group) is 1. The molecule has 0 aliphatic rings. The fourth-order valence-corrected chi connectivity index (χ4v) is 3.11. The predicted octanol–water partition coefficient (Wildman–Crippen LogP) is -1.48. The Morgan fingerprint density at radius 1 is 1.14 bits per heavy atom. The van der Waals surface area contributed by atoms with E-state index in [0.717, 1.165) is 0 Å². The second-order valence-corrected chi connectivity index (χ2v) is 7.33. The van der Waals surface area contributed by atoms with Crippen LogP contribution in [0.3, 0.4) is 0 Å². The van der Waals surface area contributed by atoms with E-state index in [2.05, 4.69) is 0 Å². The van der Waals surface area contributed by atoms with Gasteiger partial charge in [0, 0.05) is 6.54 Å². The molecule has 0 saturated heterocycles. The molecule has 0 radical (unpaired) electrons. The third-order valence-corrected chi connectivity index (χ3v) is 5.42. The molecule has 14 heavy (non-hydrogen) atoms. The van der Waals surface area contributed by atoms with Crippen LogP contribution in [0.1, 0.15) is 0 Å². The summed E-state index contributed by atoms with van der Waals surface area (Å²) in [4.78, 5) is 36.3. The fraction of sp³-hybridized carbons (Fsp3) is 1.00. The van der Waals surface area contributed by atoms with Gasteiger partial charge in [-0.15, -0.1) is 0 Å². The lowest BCUT2D eigenvalue weighted by atomic mass is 10.6. The first-order valence-electron chi connectivity index (χ1n) is 3.47. The standard InChI is InChI=1S/C4H14N2O6P2/c1-6(2)3-4(5,13(7,8)9)14(10,11)12/h3,5H2,1-2H3,(H2,7,8,9)(H2,10,11,12). The van der Waals surface area contributed by atoms with Crippen LogP contribution in [0.5, 0.6) is 0 Å². The number of nitrogens with two attached hydrogens (primary N) is 1. The summed E-state index contributed by atoms with van der Waals surface area (Å²) in [5.41, 5.74) is 5.09. The van der Waals surface area contributed by atoms with Gasteiger partial charge in [0.2, 0.25) is 5.02 Å². The average Bonchev–Trinajstić information content (AvgIpc) is 1.79. The van der Waals surface area contributed by atoms with E-state index in [1.807, 2.05) is 0 Å². The van der Waals surface area contributed by atoms with Crippen LogP contribution >= 0.6 is 15.2 Å². The molecule has 0 aromatic rings. The van der Waals surface area contributed by atoms with Crippen molar-refractivity contribution in [3.05, 3.63) is 0 Å². The van der Waals surface area contributed by atoms with Crippen LogP contribution < -0.4 is 5.73 Å². The molecule has 0 aromatic heterocycles. The van der Waals surface area contributed by atoms with Crippen molar-refractivity contribution >= 4 is 15.2 Å². The summed E-state index contributed by atoms with van der Waals surface area (Å²) in [7, 11) is -7.39. The van der Waals surface area contributed by atoms with Crippen LogP contribution in [0.15, 0.2) is 0 Å². The number of hydrogen-bond acceptors (Lipinski definition) is 4. The molecule has 8 nitrogen and oxygen atoms in total. The highest BCUT2D eigenvalue weighted by Crippen LogP contribution is 2.65. The van der Waals surface area contributed by atoms with Crippen LogP contribution in [0.25, 0.3) is 0 Å². The lowest BCUT2D eigenvalue weighted by molar-refractivity contribution is 0.275. The number of rotatable bonds is 4. The maximum atomic E-state index is 10.9. The Morgan fingerprint density at radius 3 is 1.50 bits per heavy atom. The van der Waals surface area contributed by atoms with Crippen molar-refractivity contribution in [1.29, 1.82) is 0 Å². The first kappa shape index (κ1) is 14.2. The van der Waals surface area contributed by atoms with Gasteiger partial charge in [0.25, 0.3) is 0 Å². The van der Waals surface area contributed by atoms with Gasteiger partial charge in [0.15, 0.2) is 0 Å². The molecule has 0 aliphatic carbocycles. The minimum Gasteiger partial charge on any atom is -0.323 e. The monoisotopic (exact) mass is 248 g/mol. The van der Waals surface area contributed by atoms with E-state index in [1.165, 1.54) is 19.0 Å². The van der Waals surface area contributed by atoms with Crippen LogP contribution in [-0.4, -0.2) is 50.1 Å². The molecule has 0 heterocycles. The van der Waals surface area contributed by atoms with Crippen molar-refractivity contribution in [3.63, 3.8) is 0 Å². The Labute approximate surface area is 81.0 Å². The predicted molar refractivity (Wildman–Crippen MR) is 49.6 cm³/mol. The van der Waals surface area contributed by atoms with E-state index in [-0.39, 0.29) is 0 Å². The summed E-state index contributed by atoms with van der Waals surface area (Å²) in [6.45, 7) is -0.610. The second kappa shape index (κ2) is 4.00. The lowest BCUT2D eigenvalue weighted by Gasteiger charge is -2.32. The zero-order valence-electron chi connectivity index (χ0n) is 7.73. The fourth-order valence-electron chi connectivity index (χ4n) is 0.819. The van der Waals surface area contributed by atoms with E-state index in [9.17, 15) is 9.13 Å². The Kier molecular flexibility index (Phi) is 4.06. The summed E-state index contributed by atoms with van der Waals surface area (Å²) in [6.07, 6.45) is 0. The van der Waals surface area contributed by atoms with Gasteiger partial charge in [-0.25, -0.2) is 0 Å². The molecule has 0 aliphatic heterocycles. The van der Waals surface area contributed by atoms with Gasteiger partial charge in [-0.2, -0.15) is 0 Å². The van der Waals surface area contributed by atoms with E-state index in [1.54, 1.807) is 0 Å². The van der Waals surface area contributed by atoms with Crippen LogP contribution in [0.2, 0.25) is 0 Å². The van der Waals surface area contributed by atoms with Gasteiger partial charge in [0.05, 0.1) is 0 Å². The number of nitrogens with zero attached hydrogens (tertiary/aromatic N) is 1. The van der Waals surface area contributed by atoms with Crippen molar-refractivity contribution < 1.29 is 28.7 Å². The van der Waals surface area contributed by atoms with E-state index >= 15 is 0 Å². The van der Waals surface area contributed by atoms with Crippen LogP contribution in [-0.2, 0) is 9.13 Å². The first-order valence-corrected chi connectivity index (χ1v) is 6.69. The van der Waals surface area contributed by atoms with E-state index in [4.69, 9.17) is 25.3 Å². The first-order chi connectivity index (χ1) is 5.92. The summed E-state index contributed by atoms with van der Waals surface area (Å²) in [5.74, 6) is 0. The Bertz CT molecular complexity index is 270. The van der Waals surface area contributed by atoms with Gasteiger partial charge in [-0.05, 0) is 14.1 Å². The highest BCUT2D eigenvalue weighted by Gasteiger charge is 2.57. The molecule has 0 unspecified atom stereocenters.